The van der Waals surface area contributed by atoms with E-state index in [-0.39, 0.29) is 5.75 Å². The third-order valence-corrected chi connectivity index (χ3v) is 5.22. The van der Waals surface area contributed by atoms with Crippen LogP contribution in [0.3, 0.4) is 0 Å². The molecule has 0 fully saturated rings. The smallest absolute Gasteiger partial charge is 0.123 e. The van der Waals surface area contributed by atoms with Crippen LogP contribution < -0.4 is 0 Å². The lowest BCUT2D eigenvalue weighted by Gasteiger charge is -2.18. The van der Waals surface area contributed by atoms with Gasteiger partial charge in [0.1, 0.15) is 17.4 Å². The van der Waals surface area contributed by atoms with Gasteiger partial charge < -0.3 is 10.1 Å². The Hall–Kier alpha value is -3.99. The van der Waals surface area contributed by atoms with Gasteiger partial charge in [0.25, 0.3) is 0 Å². The van der Waals surface area contributed by atoms with Gasteiger partial charge in [-0.25, -0.2) is 9.37 Å². The molecule has 2 aromatic heterocycles. The molecule has 0 aliphatic rings. The van der Waals surface area contributed by atoms with Gasteiger partial charge in [-0.15, -0.1) is 0 Å². The number of fused-ring (bicyclic) bond motifs is 1. The van der Waals surface area contributed by atoms with E-state index in [1.807, 2.05) is 60.7 Å². The van der Waals surface area contributed by atoms with E-state index in [1.54, 1.807) is 12.4 Å². The first-order valence-corrected chi connectivity index (χ1v) is 9.62. The quantitative estimate of drug-likeness (QED) is 0.413. The number of aromatic nitrogens is 3. The van der Waals surface area contributed by atoms with Crippen LogP contribution >= 0.6 is 0 Å². The molecule has 0 radical (unpaired) electrons. The molecule has 3 aromatic carbocycles. The Morgan fingerprint density at radius 1 is 0.833 bits per heavy atom. The van der Waals surface area contributed by atoms with Crippen LogP contribution in [0.5, 0.6) is 5.75 Å². The van der Waals surface area contributed by atoms with Crippen LogP contribution in [0, 0.1) is 5.82 Å². The van der Waals surface area contributed by atoms with Crippen molar-refractivity contribution in [1.29, 1.82) is 0 Å². The second-order valence-electron chi connectivity index (χ2n) is 7.14. The maximum absolute atomic E-state index is 14.1. The summed E-state index contributed by atoms with van der Waals surface area (Å²) in [5.74, 6) is -0.204. The van der Waals surface area contributed by atoms with Crippen LogP contribution in [0.2, 0.25) is 0 Å². The van der Waals surface area contributed by atoms with Gasteiger partial charge in [-0.2, -0.15) is 0 Å². The molecule has 0 amide bonds. The highest BCUT2D eigenvalue weighted by molar-refractivity contribution is 5.75. The van der Waals surface area contributed by atoms with Crippen LogP contribution in [0.25, 0.3) is 22.2 Å². The van der Waals surface area contributed by atoms with Crippen LogP contribution in [-0.2, 0) is 0 Å². The number of nitrogens with one attached hydrogen (secondary N) is 1. The van der Waals surface area contributed by atoms with Crippen molar-refractivity contribution in [2.24, 2.45) is 0 Å². The number of benzene rings is 3. The predicted molar refractivity (Wildman–Crippen MR) is 115 cm³/mol. The van der Waals surface area contributed by atoms with Crippen molar-refractivity contribution >= 4 is 11.0 Å². The van der Waals surface area contributed by atoms with E-state index in [0.29, 0.717) is 11.4 Å². The van der Waals surface area contributed by atoms with E-state index < -0.39 is 11.7 Å². The van der Waals surface area contributed by atoms with Crippen LogP contribution in [0.15, 0.2) is 91.3 Å². The Labute approximate surface area is 172 Å². The van der Waals surface area contributed by atoms with Crippen molar-refractivity contribution in [2.75, 3.05) is 0 Å². The molecule has 0 aliphatic heterocycles. The lowest BCUT2D eigenvalue weighted by molar-refractivity contribution is 0.463. The molecule has 146 valence electrons. The molecule has 30 heavy (non-hydrogen) atoms. The highest BCUT2D eigenvalue weighted by atomic mass is 19.1. The summed E-state index contributed by atoms with van der Waals surface area (Å²) in [6.45, 7) is 0. The number of halogens is 1. The molecule has 2 N–H and O–H groups in total. The van der Waals surface area contributed by atoms with Crippen molar-refractivity contribution in [1.82, 2.24) is 15.0 Å². The standard InChI is InChI=1S/C25H18FN3O/c26-19-8-9-23(30)20(15-19)24(25-28-21-6-1-2-7-22(21)29-25)18-5-3-4-17(14-18)16-10-12-27-13-11-16/h1-15,24,30H,(H,28,29). The van der Waals surface area contributed by atoms with Gasteiger partial charge in [0.15, 0.2) is 0 Å². The number of H-pyrrole nitrogens is 1. The third kappa shape index (κ3) is 3.31. The first kappa shape index (κ1) is 18.1. The fourth-order valence-corrected chi connectivity index (χ4v) is 3.79. The summed E-state index contributed by atoms with van der Waals surface area (Å²) < 4.78 is 14.1. The minimum atomic E-state index is -0.463. The van der Waals surface area contributed by atoms with E-state index in [9.17, 15) is 9.50 Å². The molecule has 0 saturated carbocycles. The van der Waals surface area contributed by atoms with Gasteiger partial charge in [0.2, 0.25) is 0 Å². The number of phenolic OH excluding ortho intramolecular Hbond substituents is 1. The molecule has 0 aliphatic carbocycles. The maximum Gasteiger partial charge on any atom is 0.123 e. The maximum atomic E-state index is 14.1. The molecule has 1 unspecified atom stereocenters. The lowest BCUT2D eigenvalue weighted by Crippen LogP contribution is -2.06. The number of aromatic hydroxyl groups is 1. The van der Waals surface area contributed by atoms with Crippen molar-refractivity contribution in [2.45, 2.75) is 5.92 Å². The number of aromatic amines is 1. The van der Waals surface area contributed by atoms with E-state index in [1.165, 1.54) is 18.2 Å². The first-order valence-electron chi connectivity index (χ1n) is 9.62. The summed E-state index contributed by atoms with van der Waals surface area (Å²) in [5.41, 5.74) is 5.09. The number of pyridine rings is 1. The summed E-state index contributed by atoms with van der Waals surface area (Å²) in [4.78, 5) is 12.2. The number of rotatable bonds is 4. The summed E-state index contributed by atoms with van der Waals surface area (Å²) >= 11 is 0. The van der Waals surface area contributed by atoms with Crippen molar-refractivity contribution < 1.29 is 9.50 Å². The largest absolute Gasteiger partial charge is 0.508 e. The Bertz CT molecular complexity index is 1300. The highest BCUT2D eigenvalue weighted by Crippen LogP contribution is 2.38. The second kappa shape index (κ2) is 7.44. The van der Waals surface area contributed by atoms with Gasteiger partial charge in [0, 0.05) is 18.0 Å². The van der Waals surface area contributed by atoms with Crippen molar-refractivity contribution in [3.8, 4) is 16.9 Å². The summed E-state index contributed by atoms with van der Waals surface area (Å²) in [6.07, 6.45) is 3.49. The van der Waals surface area contributed by atoms with E-state index in [0.717, 1.165) is 27.7 Å². The molecule has 5 heteroatoms. The second-order valence-corrected chi connectivity index (χ2v) is 7.14. The van der Waals surface area contributed by atoms with Crippen molar-refractivity contribution in [3.05, 3.63) is 114 Å². The Morgan fingerprint density at radius 3 is 2.50 bits per heavy atom. The van der Waals surface area contributed by atoms with Crippen molar-refractivity contribution in [3.63, 3.8) is 0 Å². The predicted octanol–water partition coefficient (Wildman–Crippen LogP) is 5.65. The normalized spacial score (nSPS) is 12.2. The van der Waals surface area contributed by atoms with E-state index >= 15 is 0 Å². The minimum absolute atomic E-state index is 0.0242. The zero-order valence-corrected chi connectivity index (χ0v) is 16.0. The van der Waals surface area contributed by atoms with Crippen LogP contribution in [0.1, 0.15) is 22.9 Å². The fraction of sp³-hybridized carbons (Fsp3) is 0.0400. The SMILES string of the molecule is Oc1ccc(F)cc1C(c1cccc(-c2ccncc2)c1)c1nc2ccccc2[nH]1. The lowest BCUT2D eigenvalue weighted by atomic mass is 9.88. The number of hydrogen-bond donors (Lipinski definition) is 2. The highest BCUT2D eigenvalue weighted by Gasteiger charge is 2.24. The molecular formula is C25H18FN3O. The van der Waals surface area contributed by atoms with Gasteiger partial charge >= 0.3 is 0 Å². The van der Waals surface area contributed by atoms with E-state index in [2.05, 4.69) is 9.97 Å². The van der Waals surface area contributed by atoms with Gasteiger partial charge in [0.05, 0.1) is 17.0 Å². The fourth-order valence-electron chi connectivity index (χ4n) is 3.79. The van der Waals surface area contributed by atoms with E-state index in [4.69, 9.17) is 4.98 Å². The molecule has 2 heterocycles. The van der Waals surface area contributed by atoms with Gasteiger partial charge in [-0.3, -0.25) is 4.98 Å². The van der Waals surface area contributed by atoms with Gasteiger partial charge in [-0.05, 0) is 59.2 Å². The molecule has 1 atom stereocenters. The number of phenols is 1. The molecule has 5 aromatic rings. The Morgan fingerprint density at radius 2 is 1.67 bits per heavy atom. The molecule has 0 saturated heterocycles. The van der Waals surface area contributed by atoms with Crippen LogP contribution in [0.4, 0.5) is 4.39 Å². The number of para-hydroxylation sites is 2. The molecule has 0 bridgehead atoms. The average molecular weight is 395 g/mol. The summed E-state index contributed by atoms with van der Waals surface area (Å²) in [5, 5.41) is 10.6. The van der Waals surface area contributed by atoms with Crippen LogP contribution in [-0.4, -0.2) is 20.1 Å². The molecule has 4 nitrogen and oxygen atoms in total. The molecule has 5 rings (SSSR count). The Balaban J connectivity index is 1.71. The first-order chi connectivity index (χ1) is 14.7. The topological polar surface area (TPSA) is 61.8 Å². The van der Waals surface area contributed by atoms with Gasteiger partial charge in [-0.1, -0.05) is 36.4 Å². The monoisotopic (exact) mass is 395 g/mol. The minimum Gasteiger partial charge on any atom is -0.508 e. The zero-order chi connectivity index (χ0) is 20.5. The number of nitrogens with zero attached hydrogens (tertiary/aromatic N) is 2. The molecular weight excluding hydrogens is 377 g/mol. The number of imidazole rings is 1. The average Bonchev–Trinajstić information content (AvgIpc) is 3.21. The molecule has 0 spiro atoms. The third-order valence-electron chi connectivity index (χ3n) is 5.22. The zero-order valence-electron chi connectivity index (χ0n) is 16.0. The summed E-state index contributed by atoms with van der Waals surface area (Å²) in [7, 11) is 0. The Kier molecular flexibility index (Phi) is 4.48. The summed E-state index contributed by atoms with van der Waals surface area (Å²) in [6, 6.07) is 23.6. The number of hydrogen-bond acceptors (Lipinski definition) is 3.